The molecule has 8 heteroatoms. The van der Waals surface area contributed by atoms with Crippen molar-refractivity contribution < 1.29 is 4.79 Å². The molecule has 140 valence electrons. The van der Waals surface area contributed by atoms with Gasteiger partial charge in [0.25, 0.3) is 5.56 Å². The number of thiophene rings is 1. The molecule has 4 rings (SSSR count). The molecule has 1 aromatic carbocycles. The molecule has 6 nitrogen and oxygen atoms in total. The van der Waals surface area contributed by atoms with E-state index in [0.717, 1.165) is 11.3 Å². The maximum absolute atomic E-state index is 12.9. The van der Waals surface area contributed by atoms with E-state index in [-0.39, 0.29) is 18.0 Å². The first-order valence-electron chi connectivity index (χ1n) is 8.52. The van der Waals surface area contributed by atoms with Crippen molar-refractivity contribution in [2.45, 2.75) is 6.54 Å². The van der Waals surface area contributed by atoms with E-state index in [0.29, 0.717) is 21.9 Å². The molecule has 0 aliphatic rings. The number of amides is 1. The lowest BCUT2D eigenvalue weighted by Crippen LogP contribution is -2.36. The fourth-order valence-corrected chi connectivity index (χ4v) is 4.37. The number of aromatic nitrogens is 3. The summed E-state index contributed by atoms with van der Waals surface area (Å²) in [6.07, 6.45) is 3.06. The number of benzene rings is 1. The quantitative estimate of drug-likeness (QED) is 0.455. The third-order valence-electron chi connectivity index (χ3n) is 4.16. The van der Waals surface area contributed by atoms with Gasteiger partial charge in [0.05, 0.1) is 17.4 Å². The van der Waals surface area contributed by atoms with Crippen molar-refractivity contribution in [1.29, 1.82) is 0 Å². The van der Waals surface area contributed by atoms with Crippen molar-refractivity contribution >= 4 is 43.9 Å². The number of carbonyl (C=O) groups excluding carboxylic acids is 1. The molecule has 28 heavy (non-hydrogen) atoms. The molecule has 0 spiro atoms. The number of nitrogens with zero attached hydrogens (tertiary/aromatic N) is 4. The summed E-state index contributed by atoms with van der Waals surface area (Å²) in [6.45, 7) is 3.94. The summed E-state index contributed by atoms with van der Waals surface area (Å²) in [4.78, 5) is 36.6. The van der Waals surface area contributed by atoms with Crippen LogP contribution in [0.2, 0.25) is 0 Å². The summed E-state index contributed by atoms with van der Waals surface area (Å²) < 4.78 is 1.33. The molecule has 0 saturated carbocycles. The van der Waals surface area contributed by atoms with Gasteiger partial charge in [0.1, 0.15) is 11.4 Å². The minimum Gasteiger partial charge on any atom is -0.289 e. The predicted molar refractivity (Wildman–Crippen MR) is 114 cm³/mol. The zero-order chi connectivity index (χ0) is 19.5. The van der Waals surface area contributed by atoms with E-state index in [9.17, 15) is 9.59 Å². The van der Waals surface area contributed by atoms with Gasteiger partial charge in [0.2, 0.25) is 5.91 Å². The Morgan fingerprint density at radius 2 is 2.04 bits per heavy atom. The highest BCUT2D eigenvalue weighted by Gasteiger charge is 2.20. The minimum absolute atomic E-state index is 0.105. The van der Waals surface area contributed by atoms with E-state index >= 15 is 0 Å². The number of rotatable bonds is 6. The lowest BCUT2D eigenvalue weighted by Gasteiger charge is -2.18. The second-order valence-electron chi connectivity index (χ2n) is 5.99. The molecule has 0 atom stereocenters. The summed E-state index contributed by atoms with van der Waals surface area (Å²) in [5.41, 5.74) is 1.57. The number of hydrogen-bond donors (Lipinski definition) is 0. The van der Waals surface area contributed by atoms with Gasteiger partial charge in [-0.15, -0.1) is 29.3 Å². The molecular weight excluding hydrogens is 392 g/mol. The molecule has 0 N–H and O–H groups in total. The fraction of sp³-hybridized carbons (Fsp3) is 0.100. The normalized spacial score (nSPS) is 10.9. The summed E-state index contributed by atoms with van der Waals surface area (Å²) >= 11 is 2.78. The smallest absolute Gasteiger partial charge is 0.262 e. The largest absolute Gasteiger partial charge is 0.289 e. The summed E-state index contributed by atoms with van der Waals surface area (Å²) in [6, 6.07) is 11.5. The lowest BCUT2D eigenvalue weighted by atomic mass is 10.2. The van der Waals surface area contributed by atoms with Crippen LogP contribution in [0.25, 0.3) is 21.5 Å². The molecule has 0 fully saturated rings. The van der Waals surface area contributed by atoms with Crippen LogP contribution in [-0.2, 0) is 11.3 Å². The summed E-state index contributed by atoms with van der Waals surface area (Å²) in [7, 11) is 0. The third-order valence-corrected chi connectivity index (χ3v) is 5.85. The van der Waals surface area contributed by atoms with Crippen molar-refractivity contribution in [2.24, 2.45) is 0 Å². The molecule has 4 aromatic rings. The van der Waals surface area contributed by atoms with Crippen molar-refractivity contribution in [3.8, 4) is 11.3 Å². The Morgan fingerprint density at radius 1 is 1.21 bits per heavy atom. The highest BCUT2D eigenvalue weighted by Crippen LogP contribution is 2.27. The van der Waals surface area contributed by atoms with Crippen LogP contribution in [0.5, 0.6) is 0 Å². The van der Waals surface area contributed by atoms with Gasteiger partial charge in [-0.3, -0.25) is 19.1 Å². The number of carbonyl (C=O) groups is 1. The van der Waals surface area contributed by atoms with E-state index in [1.165, 1.54) is 38.5 Å². The van der Waals surface area contributed by atoms with Crippen molar-refractivity contribution in [2.75, 3.05) is 11.4 Å². The third kappa shape index (κ3) is 3.51. The maximum atomic E-state index is 12.9. The van der Waals surface area contributed by atoms with Gasteiger partial charge in [-0.1, -0.05) is 36.4 Å². The number of hydrogen-bond acceptors (Lipinski definition) is 6. The van der Waals surface area contributed by atoms with Crippen LogP contribution < -0.4 is 10.5 Å². The molecule has 0 unspecified atom stereocenters. The number of thiazole rings is 1. The van der Waals surface area contributed by atoms with Gasteiger partial charge in [-0.2, -0.15) is 0 Å². The maximum Gasteiger partial charge on any atom is 0.262 e. The first kappa shape index (κ1) is 18.3. The Morgan fingerprint density at radius 3 is 2.82 bits per heavy atom. The Bertz CT molecular complexity index is 1190. The van der Waals surface area contributed by atoms with Crippen LogP contribution in [0.3, 0.4) is 0 Å². The zero-order valence-electron chi connectivity index (χ0n) is 14.8. The van der Waals surface area contributed by atoms with Crippen LogP contribution in [0, 0.1) is 0 Å². The standard InChI is InChI=1S/C20H16N4O2S2/c1-2-9-24(20-22-16(12-28-20)14-6-4-3-5-7-14)17(25)11-23-13-21-18-15(19(23)26)8-10-27-18/h2-8,10,12-13H,1,9,11H2. The zero-order valence-corrected chi connectivity index (χ0v) is 16.4. The average Bonchev–Trinajstić information content (AvgIpc) is 3.39. The first-order chi connectivity index (χ1) is 13.7. The topological polar surface area (TPSA) is 68.1 Å². The average molecular weight is 409 g/mol. The second-order valence-corrected chi connectivity index (χ2v) is 7.72. The molecule has 3 aromatic heterocycles. The summed E-state index contributed by atoms with van der Waals surface area (Å²) in [5.74, 6) is -0.243. The van der Waals surface area contributed by atoms with Crippen LogP contribution >= 0.6 is 22.7 Å². The fourth-order valence-electron chi connectivity index (χ4n) is 2.78. The van der Waals surface area contributed by atoms with Gasteiger partial charge >= 0.3 is 0 Å². The Balaban J connectivity index is 1.61. The van der Waals surface area contributed by atoms with E-state index in [1.807, 2.05) is 41.1 Å². The highest BCUT2D eigenvalue weighted by atomic mass is 32.1. The van der Waals surface area contributed by atoms with Crippen LogP contribution in [-0.4, -0.2) is 27.0 Å². The number of fused-ring (bicyclic) bond motifs is 1. The van der Waals surface area contributed by atoms with E-state index in [2.05, 4.69) is 16.5 Å². The van der Waals surface area contributed by atoms with Crippen LogP contribution in [0.15, 0.2) is 70.9 Å². The molecular formula is C20H16N4O2S2. The van der Waals surface area contributed by atoms with Gasteiger partial charge in [-0.05, 0) is 11.4 Å². The first-order valence-corrected chi connectivity index (χ1v) is 10.3. The number of anilines is 1. The molecule has 0 saturated heterocycles. The van der Waals surface area contributed by atoms with E-state index < -0.39 is 0 Å². The molecule has 0 bridgehead atoms. The summed E-state index contributed by atoms with van der Waals surface area (Å²) in [5, 5.41) is 4.83. The SMILES string of the molecule is C=CCN(C(=O)Cn1cnc2sccc2c1=O)c1nc(-c2ccccc2)cs1. The molecule has 3 heterocycles. The minimum atomic E-state index is -0.243. The molecule has 0 aliphatic heterocycles. The lowest BCUT2D eigenvalue weighted by molar-refractivity contribution is -0.119. The molecule has 0 aliphatic carbocycles. The predicted octanol–water partition coefficient (Wildman–Crippen LogP) is 3.80. The van der Waals surface area contributed by atoms with E-state index in [4.69, 9.17) is 0 Å². The van der Waals surface area contributed by atoms with Crippen LogP contribution in [0.4, 0.5) is 5.13 Å². The highest BCUT2D eigenvalue weighted by molar-refractivity contribution is 7.16. The Kier molecular flexibility index (Phi) is 5.14. The monoisotopic (exact) mass is 408 g/mol. The second kappa shape index (κ2) is 7.87. The van der Waals surface area contributed by atoms with Gasteiger partial charge in [-0.25, -0.2) is 9.97 Å². The van der Waals surface area contributed by atoms with Gasteiger partial charge in [0.15, 0.2) is 5.13 Å². The van der Waals surface area contributed by atoms with E-state index in [1.54, 1.807) is 12.1 Å². The van der Waals surface area contributed by atoms with Crippen LogP contribution in [0.1, 0.15) is 0 Å². The Labute approximate surface area is 169 Å². The molecule has 1 amide bonds. The Hall–Kier alpha value is -3.10. The van der Waals surface area contributed by atoms with Crippen molar-refractivity contribution in [1.82, 2.24) is 14.5 Å². The van der Waals surface area contributed by atoms with Gasteiger partial charge < -0.3 is 0 Å². The molecule has 0 radical (unpaired) electrons. The van der Waals surface area contributed by atoms with Gasteiger partial charge in [0, 0.05) is 17.5 Å². The van der Waals surface area contributed by atoms with Crippen molar-refractivity contribution in [3.63, 3.8) is 0 Å². The van der Waals surface area contributed by atoms with Crippen molar-refractivity contribution in [3.05, 3.63) is 76.5 Å².